The highest BCUT2D eigenvalue weighted by atomic mass is 35.5. The molecule has 1 aliphatic carbocycles. The van der Waals surface area contributed by atoms with Crippen molar-refractivity contribution in [2.24, 2.45) is 5.73 Å². The summed E-state index contributed by atoms with van der Waals surface area (Å²) in [7, 11) is 0. The van der Waals surface area contributed by atoms with Crippen LogP contribution in [0.4, 0.5) is 13.2 Å². The highest BCUT2D eigenvalue weighted by molar-refractivity contribution is 5.85. The van der Waals surface area contributed by atoms with Crippen molar-refractivity contribution in [3.05, 3.63) is 34.9 Å². The molecule has 5 heteroatoms. The summed E-state index contributed by atoms with van der Waals surface area (Å²) in [6, 6.07) is 3.76. The molecule has 1 aromatic carbocycles. The van der Waals surface area contributed by atoms with Gasteiger partial charge in [-0.05, 0) is 42.5 Å². The molecule has 0 bridgehead atoms. The number of benzene rings is 1. The van der Waals surface area contributed by atoms with Crippen molar-refractivity contribution in [2.75, 3.05) is 0 Å². The molecule has 0 aromatic heterocycles. The molecule has 0 fully saturated rings. The van der Waals surface area contributed by atoms with Gasteiger partial charge >= 0.3 is 6.18 Å². The van der Waals surface area contributed by atoms with Gasteiger partial charge in [-0.1, -0.05) is 6.07 Å². The van der Waals surface area contributed by atoms with E-state index in [0.717, 1.165) is 30.0 Å². The van der Waals surface area contributed by atoms with Crippen LogP contribution in [0, 0.1) is 0 Å². The Morgan fingerprint density at radius 1 is 1.25 bits per heavy atom. The Balaban J connectivity index is 0.00000128. The van der Waals surface area contributed by atoms with Crippen molar-refractivity contribution in [3.63, 3.8) is 0 Å². The molecule has 0 saturated heterocycles. The molecule has 0 spiro atoms. The van der Waals surface area contributed by atoms with Crippen molar-refractivity contribution in [1.82, 2.24) is 0 Å². The summed E-state index contributed by atoms with van der Waals surface area (Å²) >= 11 is 0. The van der Waals surface area contributed by atoms with E-state index in [4.69, 9.17) is 5.73 Å². The van der Waals surface area contributed by atoms with Gasteiger partial charge in [-0.15, -0.1) is 12.4 Å². The molecule has 1 aromatic rings. The minimum Gasteiger partial charge on any atom is -0.324 e. The van der Waals surface area contributed by atoms with Crippen LogP contribution >= 0.6 is 12.4 Å². The second-order valence-electron chi connectivity index (χ2n) is 3.91. The molecule has 2 N–H and O–H groups in total. The quantitative estimate of drug-likeness (QED) is 0.751. The first-order valence-corrected chi connectivity index (χ1v) is 4.94. The van der Waals surface area contributed by atoms with Gasteiger partial charge in [0.1, 0.15) is 0 Å². The van der Waals surface area contributed by atoms with E-state index < -0.39 is 11.7 Å². The zero-order valence-corrected chi connectivity index (χ0v) is 9.37. The van der Waals surface area contributed by atoms with Crippen molar-refractivity contribution in [3.8, 4) is 0 Å². The van der Waals surface area contributed by atoms with Gasteiger partial charge in [0.25, 0.3) is 0 Å². The number of rotatable bonds is 0. The fraction of sp³-hybridized carbons (Fsp3) is 0.455. The van der Waals surface area contributed by atoms with Crippen LogP contribution < -0.4 is 5.73 Å². The van der Waals surface area contributed by atoms with Gasteiger partial charge in [0.05, 0.1) is 5.56 Å². The summed E-state index contributed by atoms with van der Waals surface area (Å²) < 4.78 is 37.3. The molecule has 2 rings (SSSR count). The number of aryl methyl sites for hydroxylation is 1. The summed E-state index contributed by atoms with van der Waals surface area (Å²) in [5.74, 6) is 0. The third-order valence-electron chi connectivity index (χ3n) is 2.83. The van der Waals surface area contributed by atoms with Crippen molar-refractivity contribution >= 4 is 12.4 Å². The van der Waals surface area contributed by atoms with Crippen LogP contribution in [0.15, 0.2) is 18.2 Å². The van der Waals surface area contributed by atoms with Crippen LogP contribution in [0.25, 0.3) is 0 Å². The maximum absolute atomic E-state index is 12.4. The van der Waals surface area contributed by atoms with Crippen LogP contribution in [0.5, 0.6) is 0 Å². The lowest BCUT2D eigenvalue weighted by Crippen LogP contribution is -2.18. The average Bonchev–Trinajstić information content (AvgIpc) is 2.16. The molecule has 1 aliphatic rings. The van der Waals surface area contributed by atoms with Gasteiger partial charge in [-0.2, -0.15) is 13.2 Å². The Morgan fingerprint density at radius 3 is 2.56 bits per heavy atom. The van der Waals surface area contributed by atoms with E-state index in [-0.39, 0.29) is 18.4 Å². The van der Waals surface area contributed by atoms with Crippen LogP contribution in [0.2, 0.25) is 0 Å². The Morgan fingerprint density at radius 2 is 1.94 bits per heavy atom. The monoisotopic (exact) mass is 251 g/mol. The standard InChI is InChI=1S/C11H12F3N.ClH/c12-11(13,14)8-4-5-9-7(6-8)2-1-3-10(9)15;/h4-6,10H,1-3,15H2;1H. The summed E-state index contributed by atoms with van der Waals surface area (Å²) in [6.45, 7) is 0. The molecule has 0 radical (unpaired) electrons. The predicted octanol–water partition coefficient (Wildman–Crippen LogP) is 3.46. The fourth-order valence-corrected chi connectivity index (χ4v) is 2.03. The number of halogens is 4. The third-order valence-corrected chi connectivity index (χ3v) is 2.83. The highest BCUT2D eigenvalue weighted by Gasteiger charge is 2.31. The zero-order chi connectivity index (χ0) is 11.1. The SMILES string of the molecule is Cl.NC1CCCc2cc(C(F)(F)F)ccc21. The second kappa shape index (κ2) is 4.63. The molecule has 1 nitrogen and oxygen atoms in total. The van der Waals surface area contributed by atoms with E-state index in [1.807, 2.05) is 0 Å². The van der Waals surface area contributed by atoms with Crippen molar-refractivity contribution < 1.29 is 13.2 Å². The normalized spacial score (nSPS) is 19.9. The van der Waals surface area contributed by atoms with Crippen LogP contribution in [0.1, 0.15) is 35.6 Å². The maximum Gasteiger partial charge on any atom is 0.416 e. The molecule has 0 heterocycles. The van der Waals surface area contributed by atoms with Crippen LogP contribution in [-0.4, -0.2) is 0 Å². The third kappa shape index (κ3) is 2.50. The minimum atomic E-state index is -4.25. The highest BCUT2D eigenvalue weighted by Crippen LogP contribution is 2.34. The Hall–Kier alpha value is -0.740. The van der Waals surface area contributed by atoms with E-state index in [0.29, 0.717) is 6.42 Å². The van der Waals surface area contributed by atoms with E-state index in [9.17, 15) is 13.2 Å². The molecule has 0 amide bonds. The molecular formula is C11H13ClF3N. The van der Waals surface area contributed by atoms with Crippen LogP contribution in [0.3, 0.4) is 0 Å². The second-order valence-corrected chi connectivity index (χ2v) is 3.91. The predicted molar refractivity (Wildman–Crippen MR) is 58.6 cm³/mol. The van der Waals surface area contributed by atoms with Gasteiger partial charge in [-0.25, -0.2) is 0 Å². The summed E-state index contributed by atoms with van der Waals surface area (Å²) in [5, 5.41) is 0. The lowest BCUT2D eigenvalue weighted by Gasteiger charge is -2.23. The molecule has 90 valence electrons. The maximum atomic E-state index is 12.4. The molecule has 1 unspecified atom stereocenters. The molecular weight excluding hydrogens is 239 g/mol. The van der Waals surface area contributed by atoms with Crippen molar-refractivity contribution in [1.29, 1.82) is 0 Å². The molecule has 0 saturated carbocycles. The topological polar surface area (TPSA) is 26.0 Å². The first kappa shape index (κ1) is 13.3. The largest absolute Gasteiger partial charge is 0.416 e. The first-order valence-electron chi connectivity index (χ1n) is 4.94. The van der Waals surface area contributed by atoms with Crippen molar-refractivity contribution in [2.45, 2.75) is 31.5 Å². The Labute approximate surface area is 98.2 Å². The summed E-state index contributed by atoms with van der Waals surface area (Å²) in [6.07, 6.45) is -1.82. The lowest BCUT2D eigenvalue weighted by atomic mass is 9.87. The summed E-state index contributed by atoms with van der Waals surface area (Å²) in [4.78, 5) is 0. The summed E-state index contributed by atoms with van der Waals surface area (Å²) in [5.41, 5.74) is 6.87. The smallest absolute Gasteiger partial charge is 0.324 e. The molecule has 16 heavy (non-hydrogen) atoms. The number of hydrogen-bond donors (Lipinski definition) is 1. The zero-order valence-electron chi connectivity index (χ0n) is 8.55. The number of alkyl halides is 3. The fourth-order valence-electron chi connectivity index (χ4n) is 2.03. The molecule has 0 aliphatic heterocycles. The Kier molecular flexibility index (Phi) is 3.86. The van der Waals surface area contributed by atoms with E-state index in [2.05, 4.69) is 0 Å². The van der Waals surface area contributed by atoms with E-state index in [1.54, 1.807) is 0 Å². The van der Waals surface area contributed by atoms with Gasteiger partial charge in [0.15, 0.2) is 0 Å². The first-order chi connectivity index (χ1) is 6.98. The number of fused-ring (bicyclic) bond motifs is 1. The number of hydrogen-bond acceptors (Lipinski definition) is 1. The van der Waals surface area contributed by atoms with Gasteiger partial charge in [0.2, 0.25) is 0 Å². The van der Waals surface area contributed by atoms with Gasteiger partial charge in [-0.3, -0.25) is 0 Å². The lowest BCUT2D eigenvalue weighted by molar-refractivity contribution is -0.137. The van der Waals surface area contributed by atoms with Gasteiger partial charge < -0.3 is 5.73 Å². The average molecular weight is 252 g/mol. The van der Waals surface area contributed by atoms with Crippen LogP contribution in [-0.2, 0) is 12.6 Å². The van der Waals surface area contributed by atoms with E-state index >= 15 is 0 Å². The number of nitrogens with two attached hydrogens (primary N) is 1. The Bertz CT molecular complexity index is 376. The van der Waals surface area contributed by atoms with Gasteiger partial charge in [0, 0.05) is 6.04 Å². The molecule has 1 atom stereocenters. The minimum absolute atomic E-state index is 0. The van der Waals surface area contributed by atoms with E-state index in [1.165, 1.54) is 12.1 Å².